The van der Waals surface area contributed by atoms with Crippen LogP contribution in [0.3, 0.4) is 0 Å². The highest BCUT2D eigenvalue weighted by atomic mass is 16.5. The SMILES string of the molecule is O=C(NCC1(CN2CCOCC2)CC1)N(Cc1ccccc1)C1CCCC1. The molecule has 1 aliphatic heterocycles. The maximum atomic E-state index is 13.1. The first kappa shape index (κ1) is 18.8. The second kappa shape index (κ2) is 8.61. The summed E-state index contributed by atoms with van der Waals surface area (Å²) in [6, 6.07) is 10.9. The molecular weight excluding hydrogens is 338 g/mol. The predicted octanol–water partition coefficient (Wildman–Crippen LogP) is 3.25. The largest absolute Gasteiger partial charge is 0.379 e. The minimum atomic E-state index is 0.124. The molecule has 1 aromatic rings. The normalized spacial score (nSPS) is 22.5. The summed E-state index contributed by atoms with van der Waals surface area (Å²) < 4.78 is 5.46. The van der Waals surface area contributed by atoms with Crippen molar-refractivity contribution in [2.75, 3.05) is 39.4 Å². The summed E-state index contributed by atoms with van der Waals surface area (Å²) in [5, 5.41) is 3.30. The van der Waals surface area contributed by atoms with Crippen LogP contribution in [0.5, 0.6) is 0 Å². The molecule has 0 aromatic heterocycles. The van der Waals surface area contributed by atoms with Gasteiger partial charge in [-0.1, -0.05) is 43.2 Å². The zero-order valence-corrected chi connectivity index (χ0v) is 16.4. The van der Waals surface area contributed by atoms with E-state index >= 15 is 0 Å². The van der Waals surface area contributed by atoms with Crippen molar-refractivity contribution in [1.82, 2.24) is 15.1 Å². The maximum absolute atomic E-state index is 13.1. The number of nitrogens with one attached hydrogen (secondary N) is 1. The second-order valence-corrected chi connectivity index (χ2v) is 8.60. The predicted molar refractivity (Wildman–Crippen MR) is 107 cm³/mol. The highest BCUT2D eigenvalue weighted by Gasteiger charge is 2.44. The zero-order chi connectivity index (χ0) is 18.5. The third-order valence-electron chi connectivity index (χ3n) is 6.46. The Hall–Kier alpha value is -1.59. The Kier molecular flexibility index (Phi) is 5.98. The van der Waals surface area contributed by atoms with E-state index in [1.807, 2.05) is 6.07 Å². The van der Waals surface area contributed by atoms with Gasteiger partial charge in [-0.25, -0.2) is 4.79 Å². The van der Waals surface area contributed by atoms with Gasteiger partial charge in [-0.15, -0.1) is 0 Å². The highest BCUT2D eigenvalue weighted by molar-refractivity contribution is 5.74. The van der Waals surface area contributed by atoms with Crippen LogP contribution in [0.25, 0.3) is 0 Å². The molecule has 1 heterocycles. The van der Waals surface area contributed by atoms with Crippen LogP contribution in [-0.2, 0) is 11.3 Å². The topological polar surface area (TPSA) is 44.8 Å². The maximum Gasteiger partial charge on any atom is 0.317 e. The zero-order valence-electron chi connectivity index (χ0n) is 16.4. The molecule has 3 fully saturated rings. The van der Waals surface area contributed by atoms with Gasteiger partial charge in [0, 0.05) is 44.2 Å². The minimum absolute atomic E-state index is 0.124. The standard InChI is InChI=1S/C22H33N3O2/c26-21(23-17-22(10-11-22)18-24-12-14-27-15-13-24)25(20-8-4-5-9-20)16-19-6-2-1-3-7-19/h1-3,6-7,20H,4-5,8-18H2,(H,23,26). The van der Waals surface area contributed by atoms with Gasteiger partial charge >= 0.3 is 6.03 Å². The molecule has 0 atom stereocenters. The van der Waals surface area contributed by atoms with Crippen molar-refractivity contribution in [1.29, 1.82) is 0 Å². The van der Waals surface area contributed by atoms with Crippen LogP contribution in [0.1, 0.15) is 44.1 Å². The lowest BCUT2D eigenvalue weighted by atomic mass is 10.1. The number of benzene rings is 1. The lowest BCUT2D eigenvalue weighted by Gasteiger charge is -2.32. The van der Waals surface area contributed by atoms with E-state index in [9.17, 15) is 4.79 Å². The van der Waals surface area contributed by atoms with Crippen LogP contribution in [0, 0.1) is 5.41 Å². The molecule has 1 saturated heterocycles. The van der Waals surface area contributed by atoms with E-state index in [0.29, 0.717) is 18.0 Å². The molecule has 2 saturated carbocycles. The van der Waals surface area contributed by atoms with Crippen molar-refractivity contribution >= 4 is 6.03 Å². The smallest absolute Gasteiger partial charge is 0.317 e. The fourth-order valence-electron chi connectivity index (χ4n) is 4.53. The molecule has 0 unspecified atom stereocenters. The monoisotopic (exact) mass is 371 g/mol. The van der Waals surface area contributed by atoms with E-state index in [2.05, 4.69) is 39.4 Å². The van der Waals surface area contributed by atoms with E-state index in [1.165, 1.54) is 31.2 Å². The van der Waals surface area contributed by atoms with Gasteiger partial charge in [-0.3, -0.25) is 4.90 Å². The van der Waals surface area contributed by atoms with E-state index in [0.717, 1.165) is 52.2 Å². The summed E-state index contributed by atoms with van der Waals surface area (Å²) in [5.74, 6) is 0. The van der Waals surface area contributed by atoms with Gasteiger partial charge < -0.3 is 15.0 Å². The van der Waals surface area contributed by atoms with Gasteiger partial charge in [0.15, 0.2) is 0 Å². The average Bonchev–Trinajstić information content (AvgIpc) is 3.25. The summed E-state index contributed by atoms with van der Waals surface area (Å²) in [7, 11) is 0. The van der Waals surface area contributed by atoms with Crippen molar-refractivity contribution in [3.05, 3.63) is 35.9 Å². The van der Waals surface area contributed by atoms with Crippen LogP contribution in [0.2, 0.25) is 0 Å². The molecule has 3 aliphatic rings. The first-order valence-corrected chi connectivity index (χ1v) is 10.6. The molecule has 1 aromatic carbocycles. The lowest BCUT2D eigenvalue weighted by Crippen LogP contribution is -2.48. The molecule has 4 rings (SSSR count). The van der Waals surface area contributed by atoms with Gasteiger partial charge in [-0.2, -0.15) is 0 Å². The Morgan fingerprint density at radius 3 is 2.52 bits per heavy atom. The summed E-state index contributed by atoms with van der Waals surface area (Å²) in [6.45, 7) is 6.35. The van der Waals surface area contributed by atoms with Crippen molar-refractivity contribution in [2.24, 2.45) is 5.41 Å². The van der Waals surface area contributed by atoms with Crippen LogP contribution in [0.4, 0.5) is 4.79 Å². The molecule has 0 bridgehead atoms. The number of amides is 2. The third kappa shape index (κ3) is 5.02. The number of ether oxygens (including phenoxy) is 1. The van der Waals surface area contributed by atoms with E-state index in [-0.39, 0.29) is 6.03 Å². The molecule has 5 heteroatoms. The first-order valence-electron chi connectivity index (χ1n) is 10.6. The molecule has 2 aliphatic carbocycles. The van der Waals surface area contributed by atoms with E-state index in [4.69, 9.17) is 4.74 Å². The average molecular weight is 372 g/mol. The molecule has 5 nitrogen and oxygen atoms in total. The highest BCUT2D eigenvalue weighted by Crippen LogP contribution is 2.45. The summed E-state index contributed by atoms with van der Waals surface area (Å²) in [4.78, 5) is 17.7. The lowest BCUT2D eigenvalue weighted by molar-refractivity contribution is 0.0284. The Morgan fingerprint density at radius 2 is 1.85 bits per heavy atom. The molecule has 27 heavy (non-hydrogen) atoms. The van der Waals surface area contributed by atoms with Crippen LogP contribution < -0.4 is 5.32 Å². The fourth-order valence-corrected chi connectivity index (χ4v) is 4.53. The number of carbonyl (C=O) groups excluding carboxylic acids is 1. The number of hydrogen-bond acceptors (Lipinski definition) is 3. The van der Waals surface area contributed by atoms with Crippen molar-refractivity contribution in [2.45, 2.75) is 51.1 Å². The van der Waals surface area contributed by atoms with Gasteiger partial charge in [0.1, 0.15) is 0 Å². The van der Waals surface area contributed by atoms with Gasteiger partial charge in [-0.05, 0) is 31.2 Å². The van der Waals surface area contributed by atoms with Gasteiger partial charge in [0.25, 0.3) is 0 Å². The second-order valence-electron chi connectivity index (χ2n) is 8.60. The number of hydrogen-bond donors (Lipinski definition) is 1. The fraction of sp³-hybridized carbons (Fsp3) is 0.682. The summed E-state index contributed by atoms with van der Waals surface area (Å²) in [5.41, 5.74) is 1.51. The minimum Gasteiger partial charge on any atom is -0.379 e. The van der Waals surface area contributed by atoms with Crippen molar-refractivity contribution in [3.63, 3.8) is 0 Å². The van der Waals surface area contributed by atoms with E-state index in [1.54, 1.807) is 0 Å². The number of rotatable bonds is 7. The molecule has 148 valence electrons. The number of carbonyl (C=O) groups is 1. The van der Waals surface area contributed by atoms with Crippen LogP contribution in [-0.4, -0.2) is 61.3 Å². The van der Waals surface area contributed by atoms with Gasteiger partial charge in [0.2, 0.25) is 0 Å². The molecular formula is C22H33N3O2. The van der Waals surface area contributed by atoms with Crippen LogP contribution in [0.15, 0.2) is 30.3 Å². The third-order valence-corrected chi connectivity index (χ3v) is 6.46. The quantitative estimate of drug-likeness (QED) is 0.800. The molecule has 0 spiro atoms. The summed E-state index contributed by atoms with van der Waals surface area (Å²) >= 11 is 0. The number of nitrogens with zero attached hydrogens (tertiary/aromatic N) is 2. The van der Waals surface area contributed by atoms with Crippen LogP contribution >= 0.6 is 0 Å². The Bertz CT molecular complexity index is 605. The first-order chi connectivity index (χ1) is 13.2. The van der Waals surface area contributed by atoms with Crippen molar-refractivity contribution in [3.8, 4) is 0 Å². The number of morpholine rings is 1. The molecule has 1 N–H and O–H groups in total. The molecule has 0 radical (unpaired) electrons. The van der Waals surface area contributed by atoms with Crippen molar-refractivity contribution < 1.29 is 9.53 Å². The Balaban J connectivity index is 1.33. The summed E-state index contributed by atoms with van der Waals surface area (Å²) in [6.07, 6.45) is 7.21. The molecule has 2 amide bonds. The Labute approximate surface area is 163 Å². The van der Waals surface area contributed by atoms with Gasteiger partial charge in [0.05, 0.1) is 13.2 Å². The Morgan fingerprint density at radius 1 is 1.15 bits per heavy atom. The van der Waals surface area contributed by atoms with E-state index < -0.39 is 0 Å². The number of urea groups is 1.